The Kier molecular flexibility index (Phi) is 3.86. The molecule has 0 aliphatic rings. The fraction of sp³-hybridized carbons (Fsp3) is 0. The Labute approximate surface area is 150 Å². The summed E-state index contributed by atoms with van der Waals surface area (Å²) in [7, 11) is 0. The number of nitrogens with zero attached hydrogens (tertiary/aromatic N) is 7. The van der Waals surface area contributed by atoms with Gasteiger partial charge in [-0.05, 0) is 24.3 Å². The van der Waals surface area contributed by atoms with E-state index in [1.807, 2.05) is 0 Å². The van der Waals surface area contributed by atoms with Crippen LogP contribution in [0.3, 0.4) is 0 Å². The SMILES string of the molecule is O=[N+]([O-])c1c(Nc2ccc(Cl)cn2)ncnc1-n1nnc2ccccc21. The molecule has 0 bridgehead atoms. The van der Waals surface area contributed by atoms with Gasteiger partial charge in [-0.3, -0.25) is 10.1 Å². The number of halogens is 1. The lowest BCUT2D eigenvalue weighted by atomic mass is 10.3. The van der Waals surface area contributed by atoms with Crippen molar-refractivity contribution in [1.29, 1.82) is 0 Å². The number of aromatic nitrogens is 6. The minimum Gasteiger partial charge on any atom is -0.319 e. The molecule has 0 amide bonds. The molecule has 4 rings (SSSR count). The summed E-state index contributed by atoms with van der Waals surface area (Å²) in [6.07, 6.45) is 2.62. The monoisotopic (exact) mass is 368 g/mol. The summed E-state index contributed by atoms with van der Waals surface area (Å²) >= 11 is 5.80. The maximum absolute atomic E-state index is 11.7. The standard InChI is InChI=1S/C15H9ClN8O2/c16-9-5-6-12(17-7-9)20-14-13(24(25)26)15(19-8-18-14)23-11-4-2-1-3-10(11)21-22-23/h1-8H,(H,17,18,19,20). The first kappa shape index (κ1) is 15.8. The molecule has 3 aromatic heterocycles. The third kappa shape index (κ3) is 2.78. The van der Waals surface area contributed by atoms with Crippen molar-refractivity contribution in [2.24, 2.45) is 0 Å². The Hall–Kier alpha value is -3.66. The smallest absolute Gasteiger partial charge is 0.319 e. The van der Waals surface area contributed by atoms with Crippen molar-refractivity contribution in [1.82, 2.24) is 29.9 Å². The van der Waals surface area contributed by atoms with Gasteiger partial charge in [-0.1, -0.05) is 28.9 Å². The summed E-state index contributed by atoms with van der Waals surface area (Å²) in [5.41, 5.74) is 0.832. The van der Waals surface area contributed by atoms with Crippen LogP contribution in [0.15, 0.2) is 48.9 Å². The molecule has 128 valence electrons. The van der Waals surface area contributed by atoms with E-state index in [2.05, 4.69) is 30.6 Å². The van der Waals surface area contributed by atoms with Gasteiger partial charge in [0.15, 0.2) is 0 Å². The molecule has 0 spiro atoms. The number of pyridine rings is 1. The second-order valence-corrected chi connectivity index (χ2v) is 5.56. The van der Waals surface area contributed by atoms with E-state index >= 15 is 0 Å². The van der Waals surface area contributed by atoms with Gasteiger partial charge < -0.3 is 5.32 Å². The average molecular weight is 369 g/mol. The number of anilines is 2. The normalized spacial score (nSPS) is 10.8. The zero-order valence-electron chi connectivity index (χ0n) is 12.9. The van der Waals surface area contributed by atoms with Crippen molar-refractivity contribution in [2.75, 3.05) is 5.32 Å². The van der Waals surface area contributed by atoms with Crippen LogP contribution in [0.4, 0.5) is 17.3 Å². The number of para-hydroxylation sites is 1. The summed E-state index contributed by atoms with van der Waals surface area (Å²) in [5, 5.41) is 22.9. The van der Waals surface area contributed by atoms with E-state index in [0.717, 1.165) is 0 Å². The molecule has 4 aromatic rings. The Morgan fingerprint density at radius 1 is 1.12 bits per heavy atom. The molecule has 0 unspecified atom stereocenters. The summed E-state index contributed by atoms with van der Waals surface area (Å²) in [6.45, 7) is 0. The lowest BCUT2D eigenvalue weighted by molar-refractivity contribution is -0.384. The third-order valence-corrected chi connectivity index (χ3v) is 3.74. The largest absolute Gasteiger partial charge is 0.356 e. The Morgan fingerprint density at radius 2 is 1.96 bits per heavy atom. The quantitative estimate of drug-likeness (QED) is 0.430. The molecule has 0 saturated carbocycles. The predicted octanol–water partition coefficient (Wildman–Crippen LogP) is 2.91. The predicted molar refractivity (Wildman–Crippen MR) is 93.6 cm³/mol. The molecule has 10 nitrogen and oxygen atoms in total. The Balaban J connectivity index is 1.86. The highest BCUT2D eigenvalue weighted by Crippen LogP contribution is 2.30. The first-order valence-electron chi connectivity index (χ1n) is 7.32. The summed E-state index contributed by atoms with van der Waals surface area (Å²) < 4.78 is 1.30. The minimum atomic E-state index is -0.579. The van der Waals surface area contributed by atoms with Crippen molar-refractivity contribution in [2.45, 2.75) is 0 Å². The van der Waals surface area contributed by atoms with Crippen molar-refractivity contribution < 1.29 is 4.92 Å². The zero-order chi connectivity index (χ0) is 18.1. The number of rotatable bonds is 4. The molecule has 0 atom stereocenters. The molecule has 11 heteroatoms. The Bertz CT molecular complexity index is 1110. The molecule has 0 fully saturated rings. The second kappa shape index (κ2) is 6.33. The first-order valence-corrected chi connectivity index (χ1v) is 7.70. The molecule has 0 saturated heterocycles. The van der Waals surface area contributed by atoms with Crippen LogP contribution in [0.25, 0.3) is 16.9 Å². The van der Waals surface area contributed by atoms with Crippen molar-refractivity contribution in [3.8, 4) is 5.82 Å². The van der Waals surface area contributed by atoms with E-state index in [1.165, 1.54) is 17.2 Å². The van der Waals surface area contributed by atoms with Crippen LogP contribution in [0, 0.1) is 10.1 Å². The molecule has 3 heterocycles. The van der Waals surface area contributed by atoms with Crippen LogP contribution < -0.4 is 5.32 Å². The highest BCUT2D eigenvalue weighted by atomic mass is 35.5. The Morgan fingerprint density at radius 3 is 2.73 bits per heavy atom. The lowest BCUT2D eigenvalue weighted by Gasteiger charge is -2.08. The average Bonchev–Trinajstić information content (AvgIpc) is 3.07. The number of benzene rings is 1. The van der Waals surface area contributed by atoms with Gasteiger partial charge in [-0.2, -0.15) is 4.68 Å². The maximum Gasteiger partial charge on any atom is 0.356 e. The first-order chi connectivity index (χ1) is 12.6. The molecule has 1 aromatic carbocycles. The van der Waals surface area contributed by atoms with Gasteiger partial charge in [-0.15, -0.1) is 5.10 Å². The number of hydrogen-bond acceptors (Lipinski definition) is 8. The third-order valence-electron chi connectivity index (χ3n) is 3.51. The fourth-order valence-electron chi connectivity index (χ4n) is 2.38. The van der Waals surface area contributed by atoms with Crippen LogP contribution in [0.1, 0.15) is 0 Å². The second-order valence-electron chi connectivity index (χ2n) is 5.13. The minimum absolute atomic E-state index is 0.00448. The van der Waals surface area contributed by atoms with Crippen LogP contribution in [0.5, 0.6) is 0 Å². The van der Waals surface area contributed by atoms with E-state index in [4.69, 9.17) is 11.6 Å². The van der Waals surface area contributed by atoms with E-state index in [0.29, 0.717) is 21.9 Å². The van der Waals surface area contributed by atoms with Crippen LogP contribution in [-0.4, -0.2) is 34.9 Å². The molecule has 0 radical (unpaired) electrons. The van der Waals surface area contributed by atoms with Gasteiger partial charge >= 0.3 is 5.69 Å². The number of hydrogen-bond donors (Lipinski definition) is 1. The van der Waals surface area contributed by atoms with Crippen molar-refractivity contribution in [3.63, 3.8) is 0 Å². The summed E-state index contributed by atoms with van der Waals surface area (Å²) in [6, 6.07) is 10.3. The highest BCUT2D eigenvalue weighted by molar-refractivity contribution is 6.30. The molecule has 26 heavy (non-hydrogen) atoms. The molecular weight excluding hydrogens is 360 g/mol. The number of nitro groups is 1. The van der Waals surface area contributed by atoms with Crippen LogP contribution >= 0.6 is 11.6 Å². The summed E-state index contributed by atoms with van der Waals surface area (Å²) in [4.78, 5) is 23.2. The van der Waals surface area contributed by atoms with Crippen LogP contribution in [0.2, 0.25) is 5.02 Å². The van der Waals surface area contributed by atoms with Gasteiger partial charge in [-0.25, -0.2) is 15.0 Å². The molecule has 1 N–H and O–H groups in total. The van der Waals surface area contributed by atoms with Gasteiger partial charge in [0.1, 0.15) is 17.7 Å². The number of nitrogens with one attached hydrogen (secondary N) is 1. The maximum atomic E-state index is 11.7. The van der Waals surface area contributed by atoms with E-state index in [-0.39, 0.29) is 17.3 Å². The van der Waals surface area contributed by atoms with Gasteiger partial charge in [0.05, 0.1) is 15.5 Å². The number of fused-ring (bicyclic) bond motifs is 1. The van der Waals surface area contributed by atoms with E-state index < -0.39 is 4.92 Å². The van der Waals surface area contributed by atoms with E-state index in [1.54, 1.807) is 36.4 Å². The molecule has 0 aliphatic heterocycles. The highest BCUT2D eigenvalue weighted by Gasteiger charge is 2.26. The molecular formula is C15H9ClN8O2. The zero-order valence-corrected chi connectivity index (χ0v) is 13.7. The fourth-order valence-corrected chi connectivity index (χ4v) is 2.49. The van der Waals surface area contributed by atoms with E-state index in [9.17, 15) is 10.1 Å². The van der Waals surface area contributed by atoms with Gasteiger partial charge in [0.25, 0.3) is 0 Å². The van der Waals surface area contributed by atoms with Gasteiger partial charge in [0, 0.05) is 6.20 Å². The van der Waals surface area contributed by atoms with Gasteiger partial charge in [0.2, 0.25) is 11.6 Å². The lowest BCUT2D eigenvalue weighted by Crippen LogP contribution is -2.09. The summed E-state index contributed by atoms with van der Waals surface area (Å²) in [5.74, 6) is 0.329. The molecule has 0 aliphatic carbocycles. The topological polar surface area (TPSA) is 125 Å². The van der Waals surface area contributed by atoms with Crippen molar-refractivity contribution >= 4 is 40.0 Å². The van der Waals surface area contributed by atoms with Crippen molar-refractivity contribution in [3.05, 3.63) is 64.1 Å². The van der Waals surface area contributed by atoms with Crippen LogP contribution in [-0.2, 0) is 0 Å².